The Hall–Kier alpha value is -5.32. The van der Waals surface area contributed by atoms with Crippen LogP contribution in [0.5, 0.6) is 0 Å². The summed E-state index contributed by atoms with van der Waals surface area (Å²) in [5.41, 5.74) is 0. The van der Waals surface area contributed by atoms with Crippen LogP contribution in [-0.4, -0.2) is 96.7 Å². The van der Waals surface area contributed by atoms with Crippen molar-refractivity contribution in [2.24, 2.45) is 0 Å². The molecule has 0 aliphatic carbocycles. The highest BCUT2D eigenvalue weighted by atomic mass is 31.2. The molecule has 5 atom stereocenters. The van der Waals surface area contributed by atoms with Crippen LogP contribution in [0.15, 0.2) is 158 Å². The second-order valence-electron chi connectivity index (χ2n) is 25.9. The number of carbonyl (C=O) groups is 4. The molecule has 0 saturated heterocycles. The van der Waals surface area contributed by atoms with Gasteiger partial charge in [-0.25, -0.2) is 9.13 Å². The molecule has 0 heterocycles. The second-order valence-corrected chi connectivity index (χ2v) is 28.8. The maximum Gasteiger partial charge on any atom is 0.472 e. The number of phosphoric acid groups is 2. The number of allylic oxidation sites excluding steroid dienone is 26. The molecule has 0 spiro atoms. The summed E-state index contributed by atoms with van der Waals surface area (Å²) in [7, 11) is -9.99. The predicted octanol–water partition coefficient (Wildman–Crippen LogP) is 23.2. The van der Waals surface area contributed by atoms with Crippen LogP contribution in [0.3, 0.4) is 0 Å². The highest BCUT2D eigenvalue weighted by Crippen LogP contribution is 2.45. The molecule has 5 unspecified atom stereocenters. The third kappa shape index (κ3) is 74.9. The molecule has 0 aromatic carbocycles. The van der Waals surface area contributed by atoms with Gasteiger partial charge in [0.2, 0.25) is 0 Å². The number of hydrogen-bond donors (Lipinski definition) is 3. The largest absolute Gasteiger partial charge is 0.472 e. The Labute approximate surface area is 629 Å². The molecule has 0 amide bonds. The van der Waals surface area contributed by atoms with Gasteiger partial charge in [-0.15, -0.1) is 0 Å². The highest BCUT2D eigenvalue weighted by molar-refractivity contribution is 7.47. The van der Waals surface area contributed by atoms with Crippen LogP contribution in [0.25, 0.3) is 0 Å². The third-order valence-electron chi connectivity index (χ3n) is 15.9. The molecule has 17 nitrogen and oxygen atoms in total. The number of aliphatic hydroxyl groups is 1. The summed E-state index contributed by atoms with van der Waals surface area (Å²) in [5.74, 6) is -2.27. The van der Waals surface area contributed by atoms with Crippen LogP contribution >= 0.6 is 15.6 Å². The molecule has 0 saturated carbocycles. The molecule has 104 heavy (non-hydrogen) atoms. The number of esters is 4. The van der Waals surface area contributed by atoms with Gasteiger partial charge in [-0.05, 0) is 161 Å². The predicted molar refractivity (Wildman–Crippen MR) is 427 cm³/mol. The number of unbranched alkanes of at least 4 members (excludes halogenated alkanes) is 21. The van der Waals surface area contributed by atoms with Crippen molar-refractivity contribution in [1.29, 1.82) is 0 Å². The van der Waals surface area contributed by atoms with Crippen LogP contribution in [0, 0.1) is 0 Å². The number of aliphatic hydroxyl groups excluding tert-OH is 1. The van der Waals surface area contributed by atoms with Crippen molar-refractivity contribution in [3.8, 4) is 0 Å². The normalized spacial score (nSPS) is 14.7. The molecule has 0 aliphatic rings. The smallest absolute Gasteiger partial charge is 0.462 e. The van der Waals surface area contributed by atoms with E-state index in [1.54, 1.807) is 0 Å². The van der Waals surface area contributed by atoms with E-state index in [4.69, 9.17) is 37.0 Å². The summed E-state index contributed by atoms with van der Waals surface area (Å²) in [6, 6.07) is 0. The van der Waals surface area contributed by atoms with E-state index >= 15 is 0 Å². The fraction of sp³-hybridized carbons (Fsp3) is 0.647. The number of ether oxygens (including phenoxy) is 4. The van der Waals surface area contributed by atoms with Gasteiger partial charge in [0.25, 0.3) is 0 Å². The first-order chi connectivity index (χ1) is 50.7. The monoisotopic (exact) mass is 1490 g/mol. The quantitative estimate of drug-likeness (QED) is 0.0169. The van der Waals surface area contributed by atoms with Gasteiger partial charge >= 0.3 is 39.5 Å². The van der Waals surface area contributed by atoms with Gasteiger partial charge in [0.15, 0.2) is 12.2 Å². The van der Waals surface area contributed by atoms with Crippen LogP contribution < -0.4 is 0 Å². The molecule has 19 heteroatoms. The molecule has 0 fully saturated rings. The minimum absolute atomic E-state index is 0.0658. The molecule has 3 N–H and O–H groups in total. The lowest BCUT2D eigenvalue weighted by molar-refractivity contribution is -0.161. The highest BCUT2D eigenvalue weighted by Gasteiger charge is 2.30. The third-order valence-corrected chi connectivity index (χ3v) is 17.8. The summed E-state index contributed by atoms with van der Waals surface area (Å²) < 4.78 is 68.5. The lowest BCUT2D eigenvalue weighted by Crippen LogP contribution is -2.30. The van der Waals surface area contributed by atoms with Crippen LogP contribution in [0.2, 0.25) is 0 Å². The van der Waals surface area contributed by atoms with E-state index < -0.39 is 97.5 Å². The van der Waals surface area contributed by atoms with Crippen molar-refractivity contribution in [3.63, 3.8) is 0 Å². The van der Waals surface area contributed by atoms with Crippen molar-refractivity contribution >= 4 is 39.5 Å². The average molecular weight is 1500 g/mol. The van der Waals surface area contributed by atoms with Crippen molar-refractivity contribution < 1.29 is 80.2 Å². The summed E-state index contributed by atoms with van der Waals surface area (Å²) in [6.45, 7) is 4.42. The van der Waals surface area contributed by atoms with E-state index in [-0.39, 0.29) is 25.7 Å². The Morgan fingerprint density at radius 3 is 0.779 bits per heavy atom. The van der Waals surface area contributed by atoms with Gasteiger partial charge in [-0.1, -0.05) is 269 Å². The Kier molecular flexibility index (Phi) is 72.0. The number of phosphoric ester groups is 2. The van der Waals surface area contributed by atoms with E-state index in [0.717, 1.165) is 218 Å². The Balaban J connectivity index is 5.39. The van der Waals surface area contributed by atoms with Crippen molar-refractivity contribution in [3.05, 3.63) is 158 Å². The molecule has 0 aromatic heterocycles. The zero-order valence-electron chi connectivity index (χ0n) is 64.6. The molecule has 592 valence electrons. The van der Waals surface area contributed by atoms with Crippen molar-refractivity contribution in [2.75, 3.05) is 39.6 Å². The maximum absolute atomic E-state index is 13.1. The molecular weight excluding hydrogens is 1350 g/mol. The van der Waals surface area contributed by atoms with Gasteiger partial charge in [0.1, 0.15) is 19.3 Å². The van der Waals surface area contributed by atoms with Crippen LogP contribution in [0.4, 0.5) is 0 Å². The topological polar surface area (TPSA) is 237 Å². The maximum atomic E-state index is 13.1. The van der Waals surface area contributed by atoms with Gasteiger partial charge in [0, 0.05) is 25.7 Å². The van der Waals surface area contributed by atoms with Crippen LogP contribution in [0.1, 0.15) is 297 Å². The van der Waals surface area contributed by atoms with E-state index in [0.29, 0.717) is 25.7 Å². The molecule has 0 rings (SSSR count). The van der Waals surface area contributed by atoms with Gasteiger partial charge in [-0.3, -0.25) is 37.3 Å². The first-order valence-electron chi connectivity index (χ1n) is 39.7. The first kappa shape index (κ1) is 98.7. The minimum atomic E-state index is -4.99. The van der Waals surface area contributed by atoms with E-state index in [1.807, 2.05) is 0 Å². The summed E-state index contributed by atoms with van der Waals surface area (Å²) >= 11 is 0. The first-order valence-corrected chi connectivity index (χ1v) is 42.7. The number of rotatable bonds is 73. The fourth-order valence-corrected chi connectivity index (χ4v) is 11.5. The molecule has 0 aliphatic heterocycles. The summed E-state index contributed by atoms with van der Waals surface area (Å²) in [6.07, 6.45) is 87.9. The Bertz CT molecular complexity index is 2590. The molecule has 0 radical (unpaired) electrons. The SMILES string of the molecule is CC/C=C\C/C=C\C/C=C\C/C=C\C/C=C\CCCCCC(=O)OCC(COP(=O)(O)OCC(O)COP(=O)(O)OCC(COC(=O)CCCCCCCC/C=C\C/C=C\C/C=C\C/C=C\CC)OC(=O)CCCCCCC/C=C\C/C=C\CCC)OC(=O)CCCCCCC/C=C\C/C=C\CCC. The van der Waals surface area contributed by atoms with E-state index in [9.17, 15) is 43.2 Å². The summed E-state index contributed by atoms with van der Waals surface area (Å²) in [5, 5.41) is 10.6. The van der Waals surface area contributed by atoms with Gasteiger partial charge in [0.05, 0.1) is 26.4 Å². The van der Waals surface area contributed by atoms with Gasteiger partial charge < -0.3 is 33.8 Å². The standard InChI is InChI=1S/C85H140O17P2/c1-5-9-13-17-21-25-29-33-35-37-39-41-43-47-49-53-57-61-65-69-82(87)95-75-80(101-84(89)71-67-63-59-55-51-45-31-27-23-19-15-11-7-3)77-99-103(91,92)97-73-79(86)74-98-104(93,94)100-78-81(102-85(90)72-68-64-60-56-52-46-32-28-24-20-16-12-8-4)76-96-83(88)70-66-62-58-54-50-48-44-42-40-38-36-34-30-26-22-18-14-10-6-2/h9-10,13-16,19-22,25-28,31-36,39-42,47,49,79-81,86H,5-8,11-12,17-18,23-24,29-30,37-38,43-46,48,50-78H2,1-4H3,(H,91,92)(H,93,94)/b13-9-,14-10-,19-15-,20-16-,25-21-,26-22-,31-27-,32-28-,35-33-,36-34-,41-39-,42-40-,49-47-. The molecule has 0 aromatic rings. The van der Waals surface area contributed by atoms with Crippen molar-refractivity contribution in [2.45, 2.75) is 316 Å². The second kappa shape index (κ2) is 75.9. The molecular formula is C85H140O17P2. The van der Waals surface area contributed by atoms with E-state index in [2.05, 4.69) is 186 Å². The van der Waals surface area contributed by atoms with E-state index in [1.165, 1.54) is 0 Å². The molecule has 0 bridgehead atoms. The lowest BCUT2D eigenvalue weighted by Gasteiger charge is -2.21. The Morgan fingerprint density at radius 1 is 0.279 bits per heavy atom. The number of carbonyl (C=O) groups excluding carboxylic acids is 4. The van der Waals surface area contributed by atoms with Crippen molar-refractivity contribution in [1.82, 2.24) is 0 Å². The summed E-state index contributed by atoms with van der Waals surface area (Å²) in [4.78, 5) is 73.0. The average Bonchev–Trinajstić information content (AvgIpc) is 0.913. The number of hydrogen-bond acceptors (Lipinski definition) is 15. The van der Waals surface area contributed by atoms with Gasteiger partial charge in [-0.2, -0.15) is 0 Å². The fourth-order valence-electron chi connectivity index (χ4n) is 9.96. The lowest BCUT2D eigenvalue weighted by atomic mass is 10.1. The Morgan fingerprint density at radius 2 is 0.500 bits per heavy atom. The zero-order valence-corrected chi connectivity index (χ0v) is 66.4. The zero-order chi connectivity index (χ0) is 76.0. The van der Waals surface area contributed by atoms with Crippen LogP contribution in [-0.2, 0) is 65.4 Å². The minimum Gasteiger partial charge on any atom is -0.462 e.